The molecule has 0 spiro atoms. The van der Waals surface area contributed by atoms with Gasteiger partial charge in [0.25, 0.3) is 5.91 Å². The molecule has 1 rings (SSSR count). The molecule has 0 aliphatic carbocycles. The summed E-state index contributed by atoms with van der Waals surface area (Å²) in [6.45, 7) is -3.38. The van der Waals surface area contributed by atoms with Crippen molar-refractivity contribution in [3.63, 3.8) is 0 Å². The second-order valence-electron chi connectivity index (χ2n) is 3.47. The summed E-state index contributed by atoms with van der Waals surface area (Å²) in [5.41, 5.74) is -0.889. The fourth-order valence-electron chi connectivity index (χ4n) is 1.31. The molecule has 0 aromatic heterocycles. The Balaban J connectivity index is 2.87. The average Bonchev–Trinajstić information content (AvgIpc) is 2.27. The lowest BCUT2D eigenvalue weighted by Gasteiger charge is -2.09. The van der Waals surface area contributed by atoms with Crippen LogP contribution in [-0.2, 0) is 0 Å². The van der Waals surface area contributed by atoms with E-state index in [1.54, 1.807) is 0 Å². The summed E-state index contributed by atoms with van der Waals surface area (Å²) in [5, 5.41) is 10.7. The zero-order chi connectivity index (χ0) is 14.4. The molecule has 0 unspecified atom stereocenters. The van der Waals surface area contributed by atoms with E-state index in [0.717, 1.165) is 0 Å². The van der Waals surface area contributed by atoms with E-state index in [4.69, 9.17) is 5.11 Å². The molecule has 0 aliphatic heterocycles. The minimum atomic E-state index is -3.22. The third kappa shape index (κ3) is 4.40. The number of carbonyl (C=O) groups excluding carboxylic acids is 1. The van der Waals surface area contributed by atoms with E-state index < -0.39 is 35.5 Å². The molecule has 4 nitrogen and oxygen atoms in total. The summed E-state index contributed by atoms with van der Waals surface area (Å²) in [4.78, 5) is 11.4. The number of benzene rings is 1. The zero-order valence-corrected chi connectivity index (χ0v) is 9.63. The van der Waals surface area contributed by atoms with Gasteiger partial charge in [0.15, 0.2) is 0 Å². The molecule has 8 heteroatoms. The van der Waals surface area contributed by atoms with Crippen LogP contribution in [-0.4, -0.2) is 30.8 Å². The number of carbonyl (C=O) groups is 1. The lowest BCUT2D eigenvalue weighted by molar-refractivity contribution is -0.0501. The van der Waals surface area contributed by atoms with Gasteiger partial charge in [-0.2, -0.15) is 8.78 Å². The molecule has 0 aliphatic rings. The molecule has 0 bridgehead atoms. The highest BCUT2D eigenvalue weighted by molar-refractivity contribution is 5.94. The predicted octanol–water partition coefficient (Wildman–Crippen LogP) is 1.68. The van der Waals surface area contributed by atoms with Gasteiger partial charge in [0.2, 0.25) is 0 Å². The Hall–Kier alpha value is -1.83. The third-order valence-electron chi connectivity index (χ3n) is 2.09. The largest absolute Gasteiger partial charge is 0.435 e. The summed E-state index contributed by atoms with van der Waals surface area (Å²) in [6, 6.07) is 0.992. The molecule has 0 saturated carbocycles. The number of aliphatic hydroxyl groups is 1. The van der Waals surface area contributed by atoms with Crippen molar-refractivity contribution < 1.29 is 32.2 Å². The van der Waals surface area contributed by atoms with E-state index in [2.05, 4.69) is 10.1 Å². The van der Waals surface area contributed by atoms with Crippen molar-refractivity contribution in [1.82, 2.24) is 5.32 Å². The first kappa shape index (κ1) is 15.2. The van der Waals surface area contributed by atoms with Crippen molar-refractivity contribution in [2.45, 2.75) is 13.0 Å². The lowest BCUT2D eigenvalue weighted by atomic mass is 10.1. The summed E-state index contributed by atoms with van der Waals surface area (Å²) in [7, 11) is 0. The van der Waals surface area contributed by atoms with Crippen LogP contribution in [0.1, 0.15) is 16.8 Å². The normalized spacial score (nSPS) is 10.6. The van der Waals surface area contributed by atoms with Crippen LogP contribution in [0.4, 0.5) is 17.6 Å². The van der Waals surface area contributed by atoms with Crippen molar-refractivity contribution in [1.29, 1.82) is 0 Å². The molecular weight excluding hydrogens is 270 g/mol. The molecule has 0 atom stereocenters. The molecule has 106 valence electrons. The molecule has 1 amide bonds. The standard InChI is InChI=1S/C11H11F4NO3/c12-7-4-6(19-11(14)15)5-8(13)9(7)10(18)16-2-1-3-17/h4-5,11,17H,1-3H2,(H,16,18). The van der Waals surface area contributed by atoms with Gasteiger partial charge in [-0.05, 0) is 6.42 Å². The molecule has 1 aromatic carbocycles. The summed E-state index contributed by atoms with van der Waals surface area (Å²) in [5.74, 6) is -4.36. The van der Waals surface area contributed by atoms with Crippen LogP contribution in [0, 0.1) is 11.6 Å². The van der Waals surface area contributed by atoms with Gasteiger partial charge in [-0.25, -0.2) is 8.78 Å². The van der Waals surface area contributed by atoms with Gasteiger partial charge in [0.05, 0.1) is 0 Å². The van der Waals surface area contributed by atoms with Crippen LogP contribution in [0.5, 0.6) is 5.75 Å². The molecular formula is C11H11F4NO3. The molecule has 0 heterocycles. The molecule has 1 aromatic rings. The Morgan fingerprint density at radius 3 is 2.37 bits per heavy atom. The quantitative estimate of drug-likeness (QED) is 0.616. The van der Waals surface area contributed by atoms with E-state index in [0.29, 0.717) is 12.1 Å². The fraction of sp³-hybridized carbons (Fsp3) is 0.364. The van der Waals surface area contributed by atoms with Crippen molar-refractivity contribution >= 4 is 5.91 Å². The summed E-state index contributed by atoms with van der Waals surface area (Å²) < 4.78 is 54.5. The number of alkyl halides is 2. The van der Waals surface area contributed by atoms with Crippen molar-refractivity contribution in [2.24, 2.45) is 0 Å². The first-order valence-electron chi connectivity index (χ1n) is 5.28. The van der Waals surface area contributed by atoms with E-state index in [-0.39, 0.29) is 19.6 Å². The molecule has 0 radical (unpaired) electrons. The highest BCUT2D eigenvalue weighted by atomic mass is 19.3. The first-order chi connectivity index (χ1) is 8.95. The highest BCUT2D eigenvalue weighted by Gasteiger charge is 2.19. The summed E-state index contributed by atoms with van der Waals surface area (Å²) in [6.07, 6.45) is 0.224. The maximum atomic E-state index is 13.4. The van der Waals surface area contributed by atoms with Gasteiger partial charge in [0.1, 0.15) is 22.9 Å². The second-order valence-corrected chi connectivity index (χ2v) is 3.47. The minimum Gasteiger partial charge on any atom is -0.435 e. The molecule has 0 fully saturated rings. The maximum absolute atomic E-state index is 13.4. The number of hydrogen-bond donors (Lipinski definition) is 2. The van der Waals surface area contributed by atoms with Crippen molar-refractivity contribution in [3.8, 4) is 5.75 Å². The first-order valence-corrected chi connectivity index (χ1v) is 5.28. The van der Waals surface area contributed by atoms with Gasteiger partial charge in [-0.3, -0.25) is 4.79 Å². The second kappa shape index (κ2) is 6.93. The average molecular weight is 281 g/mol. The van der Waals surface area contributed by atoms with Crippen LogP contribution >= 0.6 is 0 Å². The Morgan fingerprint density at radius 1 is 1.32 bits per heavy atom. The number of aliphatic hydroxyl groups excluding tert-OH is 1. The zero-order valence-electron chi connectivity index (χ0n) is 9.63. The topological polar surface area (TPSA) is 58.6 Å². The maximum Gasteiger partial charge on any atom is 0.387 e. The fourth-order valence-corrected chi connectivity index (χ4v) is 1.31. The lowest BCUT2D eigenvalue weighted by Crippen LogP contribution is -2.27. The minimum absolute atomic E-state index is 0.0312. The van der Waals surface area contributed by atoms with Crippen LogP contribution in [0.25, 0.3) is 0 Å². The number of nitrogens with one attached hydrogen (secondary N) is 1. The van der Waals surface area contributed by atoms with Gasteiger partial charge >= 0.3 is 6.61 Å². The van der Waals surface area contributed by atoms with Crippen molar-refractivity contribution in [3.05, 3.63) is 29.3 Å². The number of rotatable bonds is 6. The number of hydrogen-bond acceptors (Lipinski definition) is 3. The SMILES string of the molecule is O=C(NCCCO)c1c(F)cc(OC(F)F)cc1F. The third-order valence-corrected chi connectivity index (χ3v) is 2.09. The van der Waals surface area contributed by atoms with Crippen LogP contribution in [0.15, 0.2) is 12.1 Å². The monoisotopic (exact) mass is 281 g/mol. The van der Waals surface area contributed by atoms with Gasteiger partial charge in [0, 0.05) is 25.3 Å². The molecule has 0 saturated heterocycles. The smallest absolute Gasteiger partial charge is 0.387 e. The van der Waals surface area contributed by atoms with E-state index in [1.165, 1.54) is 0 Å². The van der Waals surface area contributed by atoms with Gasteiger partial charge in [-0.15, -0.1) is 0 Å². The number of amides is 1. The predicted molar refractivity (Wildman–Crippen MR) is 57.0 cm³/mol. The van der Waals surface area contributed by atoms with E-state index in [1.807, 2.05) is 0 Å². The Labute approximate surface area is 106 Å². The summed E-state index contributed by atoms with van der Waals surface area (Å²) >= 11 is 0. The van der Waals surface area contributed by atoms with E-state index in [9.17, 15) is 22.4 Å². The van der Waals surface area contributed by atoms with Crippen LogP contribution in [0.3, 0.4) is 0 Å². The van der Waals surface area contributed by atoms with E-state index >= 15 is 0 Å². The van der Waals surface area contributed by atoms with Crippen LogP contribution in [0.2, 0.25) is 0 Å². The Bertz CT molecular complexity index is 431. The molecule has 2 N–H and O–H groups in total. The Kier molecular flexibility index (Phi) is 5.56. The van der Waals surface area contributed by atoms with Gasteiger partial charge < -0.3 is 15.2 Å². The van der Waals surface area contributed by atoms with Crippen LogP contribution < -0.4 is 10.1 Å². The highest BCUT2D eigenvalue weighted by Crippen LogP contribution is 2.22. The van der Waals surface area contributed by atoms with Crippen molar-refractivity contribution in [2.75, 3.05) is 13.2 Å². The number of ether oxygens (including phenoxy) is 1. The Morgan fingerprint density at radius 2 is 1.89 bits per heavy atom. The number of halogens is 4. The molecule has 19 heavy (non-hydrogen) atoms. The van der Waals surface area contributed by atoms with Gasteiger partial charge in [-0.1, -0.05) is 0 Å².